The molecule has 0 spiro atoms. The fourth-order valence-electron chi connectivity index (χ4n) is 2.98. The minimum atomic E-state index is 0.578. The zero-order valence-corrected chi connectivity index (χ0v) is 8.06. The first-order chi connectivity index (χ1) is 5.08. The van der Waals surface area contributed by atoms with Crippen LogP contribution in [0.2, 0.25) is 0 Å². The van der Waals surface area contributed by atoms with Gasteiger partial charge in [-0.3, -0.25) is 0 Å². The summed E-state index contributed by atoms with van der Waals surface area (Å²) in [5, 5.41) is 0. The molecule has 2 atom stereocenters. The van der Waals surface area contributed by atoms with E-state index in [-0.39, 0.29) is 0 Å². The van der Waals surface area contributed by atoms with Gasteiger partial charge in [0.15, 0.2) is 0 Å². The minimum absolute atomic E-state index is 0.578. The molecule has 0 aromatic heterocycles. The predicted molar refractivity (Wildman–Crippen MR) is 48.4 cm³/mol. The van der Waals surface area contributed by atoms with Crippen LogP contribution in [0.1, 0.15) is 46.5 Å². The Morgan fingerprint density at radius 2 is 1.64 bits per heavy atom. The fraction of sp³-hybridized carbons (Fsp3) is 1.00. The van der Waals surface area contributed by atoms with E-state index in [9.17, 15) is 0 Å². The fourth-order valence-corrected chi connectivity index (χ4v) is 2.98. The van der Waals surface area contributed by atoms with E-state index in [1.165, 1.54) is 12.8 Å². The third kappa shape index (κ3) is 1.45. The molecule has 0 radical (unpaired) electrons. The SMILES string of the molecule is CC(C)(C)CC1C2CCCC21. The number of rotatable bonds is 1. The summed E-state index contributed by atoms with van der Waals surface area (Å²) in [6.45, 7) is 7.13. The molecular formula is C11H20. The average Bonchev–Trinajstić information content (AvgIpc) is 2.39. The Morgan fingerprint density at radius 3 is 2.09 bits per heavy atom. The Kier molecular flexibility index (Phi) is 1.56. The molecule has 0 aliphatic heterocycles. The van der Waals surface area contributed by atoms with Gasteiger partial charge in [0.1, 0.15) is 0 Å². The van der Waals surface area contributed by atoms with Gasteiger partial charge in [0.25, 0.3) is 0 Å². The first kappa shape index (κ1) is 7.64. The van der Waals surface area contributed by atoms with Crippen LogP contribution < -0.4 is 0 Å². The summed E-state index contributed by atoms with van der Waals surface area (Å²) >= 11 is 0. The van der Waals surface area contributed by atoms with Crippen LogP contribution >= 0.6 is 0 Å². The summed E-state index contributed by atoms with van der Waals surface area (Å²) in [6, 6.07) is 0. The molecule has 11 heavy (non-hydrogen) atoms. The second-order valence-corrected chi connectivity index (χ2v) is 5.69. The van der Waals surface area contributed by atoms with Crippen molar-refractivity contribution in [2.75, 3.05) is 0 Å². The van der Waals surface area contributed by atoms with E-state index in [1.54, 1.807) is 12.8 Å². The predicted octanol–water partition coefficient (Wildman–Crippen LogP) is 3.47. The van der Waals surface area contributed by atoms with Crippen molar-refractivity contribution in [3.8, 4) is 0 Å². The topological polar surface area (TPSA) is 0 Å². The molecule has 0 heteroatoms. The highest BCUT2D eigenvalue weighted by molar-refractivity contribution is 5.01. The highest BCUT2D eigenvalue weighted by Gasteiger charge is 2.52. The zero-order valence-electron chi connectivity index (χ0n) is 8.06. The van der Waals surface area contributed by atoms with Crippen LogP contribution in [0, 0.1) is 23.2 Å². The number of hydrogen-bond acceptors (Lipinski definition) is 0. The molecule has 64 valence electrons. The van der Waals surface area contributed by atoms with Crippen LogP contribution in [0.4, 0.5) is 0 Å². The van der Waals surface area contributed by atoms with E-state index in [0.29, 0.717) is 5.41 Å². The van der Waals surface area contributed by atoms with Crippen molar-refractivity contribution in [1.29, 1.82) is 0 Å². The molecule has 0 N–H and O–H groups in total. The van der Waals surface area contributed by atoms with Crippen LogP contribution in [0.15, 0.2) is 0 Å². The monoisotopic (exact) mass is 152 g/mol. The average molecular weight is 152 g/mol. The van der Waals surface area contributed by atoms with Crippen LogP contribution in [-0.2, 0) is 0 Å². The summed E-state index contributed by atoms with van der Waals surface area (Å²) in [4.78, 5) is 0. The molecule has 2 rings (SSSR count). The highest BCUT2D eigenvalue weighted by Crippen LogP contribution is 2.60. The first-order valence-electron chi connectivity index (χ1n) is 5.08. The van der Waals surface area contributed by atoms with Crippen molar-refractivity contribution in [2.24, 2.45) is 23.2 Å². The summed E-state index contributed by atoms with van der Waals surface area (Å²) in [5.41, 5.74) is 0.578. The Morgan fingerprint density at radius 1 is 1.09 bits per heavy atom. The van der Waals surface area contributed by atoms with Crippen LogP contribution in [-0.4, -0.2) is 0 Å². The van der Waals surface area contributed by atoms with Gasteiger partial charge in [-0.1, -0.05) is 27.2 Å². The quantitative estimate of drug-likeness (QED) is 0.539. The molecule has 2 fully saturated rings. The van der Waals surface area contributed by atoms with Gasteiger partial charge >= 0.3 is 0 Å². The van der Waals surface area contributed by atoms with Crippen molar-refractivity contribution in [2.45, 2.75) is 46.5 Å². The van der Waals surface area contributed by atoms with Gasteiger partial charge in [-0.25, -0.2) is 0 Å². The lowest BCUT2D eigenvalue weighted by atomic mass is 9.87. The molecule has 0 nitrogen and oxygen atoms in total. The van der Waals surface area contributed by atoms with E-state index in [1.807, 2.05) is 0 Å². The Balaban J connectivity index is 1.83. The molecule has 0 bridgehead atoms. The summed E-state index contributed by atoms with van der Waals surface area (Å²) in [6.07, 6.45) is 6.09. The van der Waals surface area contributed by atoms with Gasteiger partial charge in [-0.05, 0) is 42.4 Å². The molecule has 0 heterocycles. The Hall–Kier alpha value is 0. The Labute approximate surface area is 70.4 Å². The molecule has 2 aliphatic rings. The van der Waals surface area contributed by atoms with Crippen molar-refractivity contribution in [3.63, 3.8) is 0 Å². The minimum Gasteiger partial charge on any atom is -0.0602 e. The standard InChI is InChI=1S/C11H20/c1-11(2,3)7-10-8-5-4-6-9(8)10/h8-10H,4-7H2,1-3H3. The molecule has 0 aromatic rings. The zero-order chi connectivity index (χ0) is 8.06. The van der Waals surface area contributed by atoms with Gasteiger partial charge in [-0.15, -0.1) is 0 Å². The van der Waals surface area contributed by atoms with Crippen LogP contribution in [0.3, 0.4) is 0 Å². The van der Waals surface area contributed by atoms with Crippen molar-refractivity contribution < 1.29 is 0 Å². The van der Waals surface area contributed by atoms with Crippen molar-refractivity contribution in [1.82, 2.24) is 0 Å². The molecule has 0 aromatic carbocycles. The lowest BCUT2D eigenvalue weighted by Gasteiger charge is -2.18. The van der Waals surface area contributed by atoms with E-state index in [4.69, 9.17) is 0 Å². The smallest absolute Gasteiger partial charge is 0.0347 e. The summed E-state index contributed by atoms with van der Waals surface area (Å²) < 4.78 is 0. The van der Waals surface area contributed by atoms with Crippen molar-refractivity contribution in [3.05, 3.63) is 0 Å². The molecule has 0 saturated heterocycles. The first-order valence-corrected chi connectivity index (χ1v) is 5.08. The van der Waals surface area contributed by atoms with Crippen LogP contribution in [0.25, 0.3) is 0 Å². The lowest BCUT2D eigenvalue weighted by Crippen LogP contribution is -2.07. The van der Waals surface area contributed by atoms with Gasteiger partial charge in [-0.2, -0.15) is 0 Å². The molecule has 2 aliphatic carbocycles. The maximum Gasteiger partial charge on any atom is -0.0347 e. The van der Waals surface area contributed by atoms with Gasteiger partial charge in [0.2, 0.25) is 0 Å². The van der Waals surface area contributed by atoms with Gasteiger partial charge in [0, 0.05) is 0 Å². The third-order valence-electron chi connectivity index (χ3n) is 3.43. The molecule has 2 saturated carbocycles. The van der Waals surface area contributed by atoms with E-state index in [2.05, 4.69) is 20.8 Å². The second kappa shape index (κ2) is 2.24. The highest BCUT2D eigenvalue weighted by atomic mass is 14.6. The normalized spacial score (nSPS) is 42.3. The molecule has 2 unspecified atom stereocenters. The molecule has 0 amide bonds. The van der Waals surface area contributed by atoms with Gasteiger partial charge < -0.3 is 0 Å². The number of fused-ring (bicyclic) bond motifs is 1. The van der Waals surface area contributed by atoms with Crippen molar-refractivity contribution >= 4 is 0 Å². The van der Waals surface area contributed by atoms with E-state index < -0.39 is 0 Å². The lowest BCUT2D eigenvalue weighted by molar-refractivity contribution is 0.327. The maximum atomic E-state index is 2.38. The largest absolute Gasteiger partial charge is 0.0602 e. The third-order valence-corrected chi connectivity index (χ3v) is 3.43. The van der Waals surface area contributed by atoms with Crippen LogP contribution in [0.5, 0.6) is 0 Å². The second-order valence-electron chi connectivity index (χ2n) is 5.69. The summed E-state index contributed by atoms with van der Waals surface area (Å²) in [7, 11) is 0. The maximum absolute atomic E-state index is 2.38. The summed E-state index contributed by atoms with van der Waals surface area (Å²) in [5.74, 6) is 3.45. The van der Waals surface area contributed by atoms with E-state index in [0.717, 1.165) is 17.8 Å². The van der Waals surface area contributed by atoms with E-state index >= 15 is 0 Å². The van der Waals surface area contributed by atoms with Gasteiger partial charge in [0.05, 0.1) is 0 Å². The number of hydrogen-bond donors (Lipinski definition) is 0. The molecular weight excluding hydrogens is 132 g/mol. The Bertz CT molecular complexity index is 142.